The van der Waals surface area contributed by atoms with Crippen LogP contribution in [0.1, 0.15) is 43.2 Å². The number of ether oxygens (including phenoxy) is 1. The lowest BCUT2D eigenvalue weighted by Crippen LogP contribution is -2.10. The van der Waals surface area contributed by atoms with Crippen molar-refractivity contribution in [2.75, 3.05) is 5.32 Å². The van der Waals surface area contributed by atoms with E-state index in [9.17, 15) is 0 Å². The van der Waals surface area contributed by atoms with Gasteiger partial charge in [-0.25, -0.2) is 0 Å². The van der Waals surface area contributed by atoms with Gasteiger partial charge in [-0.2, -0.15) is 0 Å². The Bertz CT molecular complexity index is 625. The fourth-order valence-corrected chi connectivity index (χ4v) is 4.01. The van der Waals surface area contributed by atoms with Gasteiger partial charge < -0.3 is 10.1 Å². The second-order valence-corrected chi connectivity index (χ2v) is 7.30. The van der Waals surface area contributed by atoms with Crippen LogP contribution in [-0.2, 0) is 6.42 Å². The van der Waals surface area contributed by atoms with Gasteiger partial charge in [0, 0.05) is 16.6 Å². The van der Waals surface area contributed by atoms with Crippen molar-refractivity contribution in [3.8, 4) is 5.75 Å². The van der Waals surface area contributed by atoms with Crippen molar-refractivity contribution >= 4 is 28.6 Å². The number of rotatable bonds is 5. The molecule has 2 nitrogen and oxygen atoms in total. The summed E-state index contributed by atoms with van der Waals surface area (Å²) in [6.07, 6.45) is 3.51. The van der Waals surface area contributed by atoms with E-state index in [1.165, 1.54) is 10.4 Å². The van der Waals surface area contributed by atoms with Gasteiger partial charge in [0.05, 0.1) is 16.5 Å². The predicted molar refractivity (Wildman–Crippen MR) is 90.8 cm³/mol. The average Bonchev–Trinajstić information content (AvgIpc) is 3.00. The minimum absolute atomic E-state index is 0.244. The molecule has 0 saturated heterocycles. The zero-order chi connectivity index (χ0) is 14.8. The van der Waals surface area contributed by atoms with E-state index in [1.807, 2.05) is 12.1 Å². The largest absolute Gasteiger partial charge is 0.491 e. The third-order valence-electron chi connectivity index (χ3n) is 3.93. The van der Waals surface area contributed by atoms with Crippen LogP contribution in [0.5, 0.6) is 5.75 Å². The number of fused-ring (bicyclic) bond motifs is 1. The zero-order valence-electron chi connectivity index (χ0n) is 12.4. The number of hydrogen-bond acceptors (Lipinski definition) is 3. The molecule has 1 aromatic heterocycles. The minimum atomic E-state index is 0.244. The molecule has 1 aliphatic rings. The Kier molecular flexibility index (Phi) is 4.41. The van der Waals surface area contributed by atoms with Crippen LogP contribution in [0, 0.1) is 0 Å². The Labute approximate surface area is 135 Å². The molecule has 0 amide bonds. The summed E-state index contributed by atoms with van der Waals surface area (Å²) in [4.78, 5) is 1.42. The summed E-state index contributed by atoms with van der Waals surface area (Å²) in [6.45, 7) is 4.23. The predicted octanol–water partition coefficient (Wildman–Crippen LogP) is 5.68. The quantitative estimate of drug-likeness (QED) is 0.765. The lowest BCUT2D eigenvalue weighted by molar-refractivity contribution is 0.217. The normalized spacial score (nSPS) is 18.3. The molecule has 2 aromatic rings. The van der Waals surface area contributed by atoms with E-state index in [0.717, 1.165) is 35.0 Å². The van der Waals surface area contributed by atoms with Gasteiger partial charge in [-0.15, -0.1) is 11.3 Å². The highest BCUT2D eigenvalue weighted by Gasteiger charge is 2.24. The van der Waals surface area contributed by atoms with Crippen molar-refractivity contribution < 1.29 is 4.74 Å². The Morgan fingerprint density at radius 2 is 2.29 bits per heavy atom. The van der Waals surface area contributed by atoms with Crippen LogP contribution in [0.2, 0.25) is 4.34 Å². The van der Waals surface area contributed by atoms with Gasteiger partial charge in [0.15, 0.2) is 0 Å². The van der Waals surface area contributed by atoms with Crippen LogP contribution >= 0.6 is 22.9 Å². The number of anilines is 1. The van der Waals surface area contributed by atoms with E-state index in [-0.39, 0.29) is 6.10 Å². The van der Waals surface area contributed by atoms with Gasteiger partial charge in [-0.05, 0) is 49.9 Å². The molecule has 1 aliphatic carbocycles. The van der Waals surface area contributed by atoms with Crippen LogP contribution in [-0.4, -0.2) is 6.10 Å². The molecule has 0 fully saturated rings. The van der Waals surface area contributed by atoms with Crippen molar-refractivity contribution in [2.24, 2.45) is 0 Å². The molecule has 1 aromatic carbocycles. The van der Waals surface area contributed by atoms with E-state index in [4.69, 9.17) is 16.3 Å². The molecule has 0 bridgehead atoms. The molecule has 1 N–H and O–H groups in total. The summed E-state index contributed by atoms with van der Waals surface area (Å²) in [5, 5.41) is 3.61. The van der Waals surface area contributed by atoms with Gasteiger partial charge in [0.1, 0.15) is 5.75 Å². The molecular formula is C17H20ClNOS. The Balaban J connectivity index is 1.72. The first kappa shape index (κ1) is 14.7. The van der Waals surface area contributed by atoms with Crippen molar-refractivity contribution in [1.82, 2.24) is 0 Å². The molecule has 3 rings (SSSR count). The van der Waals surface area contributed by atoms with Crippen LogP contribution < -0.4 is 10.1 Å². The lowest BCUT2D eigenvalue weighted by Gasteiger charge is -2.17. The topological polar surface area (TPSA) is 21.3 Å². The molecule has 1 heterocycles. The Morgan fingerprint density at radius 1 is 1.43 bits per heavy atom. The summed E-state index contributed by atoms with van der Waals surface area (Å²) in [7, 11) is 0. The number of hydrogen-bond donors (Lipinski definition) is 1. The van der Waals surface area contributed by atoms with Crippen molar-refractivity contribution in [2.45, 2.75) is 45.3 Å². The third-order valence-corrected chi connectivity index (χ3v) is 5.27. The maximum absolute atomic E-state index is 6.12. The first-order chi connectivity index (χ1) is 10.2. The van der Waals surface area contributed by atoms with E-state index >= 15 is 0 Å². The maximum atomic E-state index is 6.12. The zero-order valence-corrected chi connectivity index (χ0v) is 13.9. The molecular weight excluding hydrogens is 302 g/mol. The molecule has 0 saturated carbocycles. The number of halogens is 1. The van der Waals surface area contributed by atoms with Crippen LogP contribution in [0.4, 0.5) is 5.69 Å². The summed E-state index contributed by atoms with van der Waals surface area (Å²) in [6, 6.07) is 10.7. The van der Waals surface area contributed by atoms with Crippen LogP contribution in [0.15, 0.2) is 30.3 Å². The van der Waals surface area contributed by atoms with Crippen LogP contribution in [0.25, 0.3) is 0 Å². The highest BCUT2D eigenvalue weighted by molar-refractivity contribution is 7.16. The van der Waals surface area contributed by atoms with E-state index in [2.05, 4.69) is 37.4 Å². The highest BCUT2D eigenvalue weighted by atomic mass is 35.5. The smallest absolute Gasteiger partial charge is 0.121 e. The summed E-state index contributed by atoms with van der Waals surface area (Å²) < 4.78 is 6.77. The van der Waals surface area contributed by atoms with Crippen molar-refractivity contribution in [3.63, 3.8) is 0 Å². The first-order valence-electron chi connectivity index (χ1n) is 7.47. The minimum Gasteiger partial charge on any atom is -0.491 e. The second kappa shape index (κ2) is 6.29. The Morgan fingerprint density at radius 3 is 3.10 bits per heavy atom. The van der Waals surface area contributed by atoms with Gasteiger partial charge in [-0.1, -0.05) is 24.6 Å². The SMILES string of the molecule is CCC(C)Oc1cccc(NC2CCc3sc(Cl)cc32)c1. The molecule has 2 atom stereocenters. The highest BCUT2D eigenvalue weighted by Crippen LogP contribution is 2.41. The lowest BCUT2D eigenvalue weighted by atomic mass is 10.1. The van der Waals surface area contributed by atoms with Gasteiger partial charge >= 0.3 is 0 Å². The summed E-state index contributed by atoms with van der Waals surface area (Å²) in [5.74, 6) is 0.927. The molecule has 21 heavy (non-hydrogen) atoms. The number of thiophene rings is 1. The molecule has 0 radical (unpaired) electrons. The van der Waals surface area contributed by atoms with Crippen molar-refractivity contribution in [3.05, 3.63) is 45.1 Å². The van der Waals surface area contributed by atoms with E-state index in [1.54, 1.807) is 11.3 Å². The molecule has 112 valence electrons. The van der Waals surface area contributed by atoms with Crippen molar-refractivity contribution in [1.29, 1.82) is 0 Å². The molecule has 4 heteroatoms. The van der Waals surface area contributed by atoms with Gasteiger partial charge in [0.2, 0.25) is 0 Å². The van der Waals surface area contributed by atoms with E-state index in [0.29, 0.717) is 6.04 Å². The summed E-state index contributed by atoms with van der Waals surface area (Å²) in [5.41, 5.74) is 2.47. The van der Waals surface area contributed by atoms with Gasteiger partial charge in [0.25, 0.3) is 0 Å². The van der Waals surface area contributed by atoms with Crippen LogP contribution in [0.3, 0.4) is 0 Å². The molecule has 2 unspecified atom stereocenters. The fourth-order valence-electron chi connectivity index (χ4n) is 2.66. The fraction of sp³-hybridized carbons (Fsp3) is 0.412. The summed E-state index contributed by atoms with van der Waals surface area (Å²) >= 11 is 7.82. The third kappa shape index (κ3) is 3.35. The molecule has 0 spiro atoms. The number of nitrogens with one attached hydrogen (secondary N) is 1. The first-order valence-corrected chi connectivity index (χ1v) is 8.66. The maximum Gasteiger partial charge on any atom is 0.121 e. The monoisotopic (exact) mass is 321 g/mol. The number of benzene rings is 1. The Hall–Kier alpha value is -1.19. The van der Waals surface area contributed by atoms with E-state index < -0.39 is 0 Å². The number of aryl methyl sites for hydroxylation is 1. The average molecular weight is 322 g/mol. The molecule has 0 aliphatic heterocycles. The second-order valence-electron chi connectivity index (χ2n) is 5.53. The standard InChI is InChI=1S/C17H20ClNOS/c1-3-11(2)20-13-6-4-5-12(9-13)19-15-7-8-16-14(15)10-17(18)21-16/h4-6,9-11,15,19H,3,7-8H2,1-2H3. The van der Waals surface area contributed by atoms with Gasteiger partial charge in [-0.3, -0.25) is 0 Å².